The van der Waals surface area contributed by atoms with E-state index in [0.717, 1.165) is 12.1 Å². The number of sulfonamides is 1. The van der Waals surface area contributed by atoms with E-state index in [2.05, 4.69) is 0 Å². The maximum absolute atomic E-state index is 12.8. The molecule has 0 saturated heterocycles. The first-order valence-corrected chi connectivity index (χ1v) is 5.67. The lowest BCUT2D eigenvalue weighted by Gasteiger charge is -2.04. The minimum atomic E-state index is -4.20. The van der Waals surface area contributed by atoms with Crippen LogP contribution < -0.4 is 4.72 Å². The molecule has 0 unspecified atom stereocenters. The van der Waals surface area contributed by atoms with Gasteiger partial charge in [-0.1, -0.05) is 0 Å². The standard InChI is InChI=1S/C8H6FN3O4S/c9-6-1-2-8(7(5-6)12(13)14)17(15,16)11-4-3-10/h1-2,5,11H,4H2. The highest BCUT2D eigenvalue weighted by atomic mass is 32.2. The molecule has 0 aliphatic carbocycles. The number of hydrogen-bond donors (Lipinski definition) is 1. The summed E-state index contributed by atoms with van der Waals surface area (Å²) in [5, 5.41) is 18.8. The first-order valence-electron chi connectivity index (χ1n) is 4.19. The van der Waals surface area contributed by atoms with Crippen LogP contribution in [-0.4, -0.2) is 19.9 Å². The Morgan fingerprint density at radius 3 is 2.71 bits per heavy atom. The minimum Gasteiger partial charge on any atom is -0.258 e. The first kappa shape index (κ1) is 13.0. The van der Waals surface area contributed by atoms with Crippen molar-refractivity contribution < 1.29 is 17.7 Å². The molecule has 0 atom stereocenters. The summed E-state index contributed by atoms with van der Waals surface area (Å²) < 4.78 is 37.7. The minimum absolute atomic E-state index is 0.501. The van der Waals surface area contributed by atoms with E-state index in [1.807, 2.05) is 4.72 Å². The van der Waals surface area contributed by atoms with Crippen LogP contribution in [0.5, 0.6) is 0 Å². The lowest BCUT2D eigenvalue weighted by Crippen LogP contribution is -2.24. The van der Waals surface area contributed by atoms with Crippen LogP contribution in [0.3, 0.4) is 0 Å². The zero-order valence-corrected chi connectivity index (χ0v) is 9.07. The highest BCUT2D eigenvalue weighted by Gasteiger charge is 2.25. The molecule has 0 saturated carbocycles. The Kier molecular flexibility index (Phi) is 3.72. The van der Waals surface area contributed by atoms with E-state index < -0.39 is 37.9 Å². The Bertz CT molecular complexity index is 593. The van der Waals surface area contributed by atoms with E-state index in [1.54, 1.807) is 0 Å². The van der Waals surface area contributed by atoms with Crippen LogP contribution in [0.2, 0.25) is 0 Å². The molecule has 0 amide bonds. The normalized spacial score (nSPS) is 10.8. The Morgan fingerprint density at radius 1 is 1.53 bits per heavy atom. The second-order valence-electron chi connectivity index (χ2n) is 2.85. The van der Waals surface area contributed by atoms with Gasteiger partial charge in [-0.15, -0.1) is 0 Å². The first-order chi connectivity index (χ1) is 7.88. The average Bonchev–Trinajstić information content (AvgIpc) is 2.26. The van der Waals surface area contributed by atoms with Crippen molar-refractivity contribution >= 4 is 15.7 Å². The summed E-state index contributed by atoms with van der Waals surface area (Å²) in [4.78, 5) is 8.88. The van der Waals surface area contributed by atoms with Crippen LogP contribution >= 0.6 is 0 Å². The molecule has 1 N–H and O–H groups in total. The van der Waals surface area contributed by atoms with Crippen molar-refractivity contribution in [1.29, 1.82) is 5.26 Å². The van der Waals surface area contributed by atoms with E-state index in [-0.39, 0.29) is 0 Å². The van der Waals surface area contributed by atoms with E-state index in [1.165, 1.54) is 6.07 Å². The molecule has 0 heterocycles. The third-order valence-corrected chi connectivity index (χ3v) is 3.20. The number of nitro groups is 1. The molecular weight excluding hydrogens is 253 g/mol. The largest absolute Gasteiger partial charge is 0.292 e. The van der Waals surface area contributed by atoms with Crippen molar-refractivity contribution in [3.63, 3.8) is 0 Å². The Balaban J connectivity index is 3.32. The zero-order valence-electron chi connectivity index (χ0n) is 8.25. The number of halogens is 1. The number of nitrogens with one attached hydrogen (secondary N) is 1. The quantitative estimate of drug-likeness (QED) is 0.481. The molecular formula is C8H6FN3O4S. The highest BCUT2D eigenvalue weighted by Crippen LogP contribution is 2.24. The number of benzene rings is 1. The number of nitrogens with zero attached hydrogens (tertiary/aromatic N) is 2. The van der Waals surface area contributed by atoms with Gasteiger partial charge in [0, 0.05) is 0 Å². The van der Waals surface area contributed by atoms with Gasteiger partial charge in [0.25, 0.3) is 5.69 Å². The molecule has 0 aliphatic heterocycles. The van der Waals surface area contributed by atoms with Crippen LogP contribution in [-0.2, 0) is 10.0 Å². The molecule has 0 spiro atoms. The molecule has 0 fully saturated rings. The maximum atomic E-state index is 12.8. The van der Waals surface area contributed by atoms with Gasteiger partial charge < -0.3 is 0 Å². The van der Waals surface area contributed by atoms with Crippen molar-refractivity contribution in [3.05, 3.63) is 34.1 Å². The summed E-state index contributed by atoms with van der Waals surface area (Å²) in [6.07, 6.45) is 0. The second-order valence-corrected chi connectivity index (χ2v) is 4.59. The summed E-state index contributed by atoms with van der Waals surface area (Å²) in [5.74, 6) is -0.920. The lowest BCUT2D eigenvalue weighted by molar-refractivity contribution is -0.388. The molecule has 1 rings (SSSR count). The molecule has 0 aromatic heterocycles. The maximum Gasteiger partial charge on any atom is 0.292 e. The summed E-state index contributed by atoms with van der Waals surface area (Å²) in [7, 11) is -4.20. The SMILES string of the molecule is N#CCNS(=O)(=O)c1ccc(F)cc1[N+](=O)[O-]. The predicted molar refractivity (Wildman–Crippen MR) is 53.9 cm³/mol. The second kappa shape index (κ2) is 4.86. The Morgan fingerprint density at radius 2 is 2.18 bits per heavy atom. The van der Waals surface area contributed by atoms with Gasteiger partial charge in [0.2, 0.25) is 10.0 Å². The van der Waals surface area contributed by atoms with E-state index >= 15 is 0 Å². The monoisotopic (exact) mass is 259 g/mol. The van der Waals surface area contributed by atoms with Gasteiger partial charge in [-0.3, -0.25) is 10.1 Å². The van der Waals surface area contributed by atoms with E-state index in [0.29, 0.717) is 6.07 Å². The highest BCUT2D eigenvalue weighted by molar-refractivity contribution is 7.89. The topological polar surface area (TPSA) is 113 Å². The van der Waals surface area contributed by atoms with Gasteiger partial charge in [0.15, 0.2) is 4.90 Å². The van der Waals surface area contributed by atoms with E-state index in [9.17, 15) is 22.9 Å². The van der Waals surface area contributed by atoms with Gasteiger partial charge in [0.05, 0.1) is 23.6 Å². The molecule has 0 radical (unpaired) electrons. The number of hydrogen-bond acceptors (Lipinski definition) is 5. The van der Waals surface area contributed by atoms with Crippen LogP contribution in [0.4, 0.5) is 10.1 Å². The van der Waals surface area contributed by atoms with Crippen LogP contribution in [0.1, 0.15) is 0 Å². The van der Waals surface area contributed by atoms with Gasteiger partial charge in [0.1, 0.15) is 5.82 Å². The molecule has 7 nitrogen and oxygen atoms in total. The van der Waals surface area contributed by atoms with Crippen molar-refractivity contribution in [1.82, 2.24) is 4.72 Å². The molecule has 17 heavy (non-hydrogen) atoms. The summed E-state index contributed by atoms with van der Waals surface area (Å²) in [6.45, 7) is -0.531. The smallest absolute Gasteiger partial charge is 0.258 e. The molecule has 0 aliphatic rings. The van der Waals surface area contributed by atoms with Crippen LogP contribution in [0.25, 0.3) is 0 Å². The molecule has 0 bridgehead atoms. The summed E-state index contributed by atoms with van der Waals surface area (Å²) >= 11 is 0. The zero-order chi connectivity index (χ0) is 13.1. The van der Waals surface area contributed by atoms with Gasteiger partial charge in [-0.2, -0.15) is 9.98 Å². The number of rotatable bonds is 4. The average molecular weight is 259 g/mol. The van der Waals surface area contributed by atoms with Gasteiger partial charge in [-0.05, 0) is 12.1 Å². The molecule has 9 heteroatoms. The van der Waals surface area contributed by atoms with Crippen molar-refractivity contribution in [2.45, 2.75) is 4.90 Å². The fourth-order valence-electron chi connectivity index (χ4n) is 1.07. The van der Waals surface area contributed by atoms with Crippen molar-refractivity contribution in [2.24, 2.45) is 0 Å². The predicted octanol–water partition coefficient (Wildman–Crippen LogP) is 0.536. The Hall–Kier alpha value is -2.05. The number of nitriles is 1. The number of nitro benzene ring substituents is 1. The van der Waals surface area contributed by atoms with E-state index in [4.69, 9.17) is 5.26 Å². The van der Waals surface area contributed by atoms with Gasteiger partial charge >= 0.3 is 0 Å². The molecule has 90 valence electrons. The van der Waals surface area contributed by atoms with Gasteiger partial charge in [-0.25, -0.2) is 12.8 Å². The summed E-state index contributed by atoms with van der Waals surface area (Å²) in [6, 6.07) is 3.58. The fraction of sp³-hybridized carbons (Fsp3) is 0.125. The van der Waals surface area contributed by atoms with Crippen molar-refractivity contribution in [3.8, 4) is 6.07 Å². The van der Waals surface area contributed by atoms with Crippen LogP contribution in [0, 0.1) is 27.3 Å². The third-order valence-electron chi connectivity index (χ3n) is 1.75. The van der Waals surface area contributed by atoms with Crippen LogP contribution in [0.15, 0.2) is 23.1 Å². The lowest BCUT2D eigenvalue weighted by atomic mass is 10.3. The Labute approximate surface area is 95.7 Å². The third kappa shape index (κ3) is 2.96. The molecule has 1 aromatic carbocycles. The van der Waals surface area contributed by atoms with Crippen molar-refractivity contribution in [2.75, 3.05) is 6.54 Å². The fourth-order valence-corrected chi connectivity index (χ4v) is 2.13. The molecule has 1 aromatic rings. The summed E-state index contributed by atoms with van der Waals surface area (Å²) in [5.41, 5.74) is -0.879.